The Hall–Kier alpha value is -1.66. The third-order valence-corrected chi connectivity index (χ3v) is 5.62. The van der Waals surface area contributed by atoms with Gasteiger partial charge in [-0.25, -0.2) is 4.39 Å². The second-order valence-electron chi connectivity index (χ2n) is 7.27. The summed E-state index contributed by atoms with van der Waals surface area (Å²) < 4.78 is 13.9. The number of nitrogens with one attached hydrogen (secondary N) is 1. The molecule has 5 nitrogen and oxygen atoms in total. The van der Waals surface area contributed by atoms with Crippen molar-refractivity contribution in [2.24, 2.45) is 11.1 Å². The molecule has 23 heavy (non-hydrogen) atoms. The predicted molar refractivity (Wildman–Crippen MR) is 86.5 cm³/mol. The largest absolute Gasteiger partial charge is 0.392 e. The molecule has 2 aliphatic rings. The van der Waals surface area contributed by atoms with E-state index in [0.29, 0.717) is 18.8 Å². The molecule has 6 heteroatoms. The van der Waals surface area contributed by atoms with Crippen LogP contribution in [0.1, 0.15) is 26.7 Å². The molecule has 2 fully saturated rings. The van der Waals surface area contributed by atoms with Crippen molar-refractivity contribution in [3.8, 4) is 0 Å². The number of rotatable bonds is 3. The molecule has 1 saturated carbocycles. The van der Waals surface area contributed by atoms with Gasteiger partial charge in [-0.1, -0.05) is 26.0 Å². The topological polar surface area (TPSA) is 78.6 Å². The summed E-state index contributed by atoms with van der Waals surface area (Å²) in [6.07, 6.45) is 0.464. The Balaban J connectivity index is 1.63. The molecule has 1 heterocycles. The summed E-state index contributed by atoms with van der Waals surface area (Å²) in [5, 5.41) is 12.8. The molecule has 0 aromatic heterocycles. The highest BCUT2D eigenvalue weighted by atomic mass is 19.1. The van der Waals surface area contributed by atoms with Crippen LogP contribution < -0.4 is 16.0 Å². The Morgan fingerprint density at radius 1 is 1.43 bits per heavy atom. The van der Waals surface area contributed by atoms with E-state index in [2.05, 4.69) is 5.32 Å². The van der Waals surface area contributed by atoms with Gasteiger partial charge in [-0.05, 0) is 18.6 Å². The summed E-state index contributed by atoms with van der Waals surface area (Å²) in [6, 6.07) is 6.59. The fraction of sp³-hybridized carbons (Fsp3) is 0.588. The Labute approximate surface area is 135 Å². The number of carbonyl (C=O) groups is 1. The van der Waals surface area contributed by atoms with Gasteiger partial charge in [0.25, 0.3) is 0 Å². The lowest BCUT2D eigenvalue weighted by molar-refractivity contribution is -0.159. The van der Waals surface area contributed by atoms with Gasteiger partial charge in [-0.2, -0.15) is 0 Å². The summed E-state index contributed by atoms with van der Waals surface area (Å²) in [6.45, 7) is 4.86. The number of aliphatic hydroxyl groups is 1. The van der Waals surface area contributed by atoms with Gasteiger partial charge in [0.1, 0.15) is 11.4 Å². The third-order valence-electron chi connectivity index (χ3n) is 5.62. The highest BCUT2D eigenvalue weighted by molar-refractivity contribution is 5.89. The minimum absolute atomic E-state index is 0.0592. The number of aliphatic hydroxyl groups excluding tert-OH is 1. The van der Waals surface area contributed by atoms with Crippen molar-refractivity contribution in [3.05, 3.63) is 30.1 Å². The molecule has 3 atom stereocenters. The predicted octanol–water partition coefficient (Wildman–Crippen LogP) is 1.01. The standard InChI is InChI=1S/C17H24FN3O2/c1-16(2)14(22)9-17(16,19)15(23)20-11-7-8-21(10-11)13-6-4-3-5-12(13)18/h3-6,11,14,22H,7-10,19H2,1-2H3,(H,20,23)/t11?,14-,17-/m0/s1. The molecule has 0 radical (unpaired) electrons. The lowest BCUT2D eigenvalue weighted by Crippen LogP contribution is -2.75. The molecule has 4 N–H and O–H groups in total. The molecule has 1 saturated heterocycles. The van der Waals surface area contributed by atoms with Gasteiger partial charge in [0.15, 0.2) is 0 Å². The molecule has 1 amide bonds. The summed E-state index contributed by atoms with van der Waals surface area (Å²) in [7, 11) is 0. The van der Waals surface area contributed by atoms with Crippen molar-refractivity contribution < 1.29 is 14.3 Å². The zero-order chi connectivity index (χ0) is 16.8. The zero-order valence-corrected chi connectivity index (χ0v) is 13.6. The van der Waals surface area contributed by atoms with E-state index in [1.165, 1.54) is 6.07 Å². The molecule has 1 aliphatic heterocycles. The average Bonchev–Trinajstić information content (AvgIpc) is 2.95. The maximum Gasteiger partial charge on any atom is 0.241 e. The number of para-hydroxylation sites is 1. The molecular formula is C17H24FN3O2. The SMILES string of the molecule is CC1(C)[C@@H](O)C[C@]1(N)C(=O)NC1CCN(c2ccccc2F)C1. The van der Waals surface area contributed by atoms with E-state index >= 15 is 0 Å². The van der Waals surface area contributed by atoms with Crippen LogP contribution in [0.5, 0.6) is 0 Å². The lowest BCUT2D eigenvalue weighted by Gasteiger charge is -2.56. The molecule has 1 aromatic carbocycles. The van der Waals surface area contributed by atoms with Crippen LogP contribution >= 0.6 is 0 Å². The summed E-state index contributed by atoms with van der Waals surface area (Å²) >= 11 is 0. The number of nitrogens with two attached hydrogens (primary N) is 1. The maximum absolute atomic E-state index is 13.9. The first-order chi connectivity index (χ1) is 10.8. The van der Waals surface area contributed by atoms with Gasteiger partial charge in [-0.15, -0.1) is 0 Å². The molecule has 3 rings (SSSR count). The van der Waals surface area contributed by atoms with E-state index in [0.717, 1.165) is 6.42 Å². The number of halogens is 1. The van der Waals surface area contributed by atoms with E-state index in [9.17, 15) is 14.3 Å². The quantitative estimate of drug-likeness (QED) is 0.776. The highest BCUT2D eigenvalue weighted by Gasteiger charge is 2.62. The maximum atomic E-state index is 13.9. The number of hydrogen-bond acceptors (Lipinski definition) is 4. The summed E-state index contributed by atoms with van der Waals surface area (Å²) in [4.78, 5) is 14.5. The normalized spacial score (nSPS) is 32.5. The molecule has 1 aliphatic carbocycles. The van der Waals surface area contributed by atoms with Crippen LogP contribution in [0.2, 0.25) is 0 Å². The van der Waals surface area contributed by atoms with Crippen LogP contribution in [0.3, 0.4) is 0 Å². The molecule has 0 bridgehead atoms. The van der Waals surface area contributed by atoms with Crippen molar-refractivity contribution in [1.29, 1.82) is 0 Å². The monoisotopic (exact) mass is 321 g/mol. The van der Waals surface area contributed by atoms with Crippen LogP contribution in [-0.2, 0) is 4.79 Å². The van der Waals surface area contributed by atoms with Crippen molar-refractivity contribution in [3.63, 3.8) is 0 Å². The smallest absolute Gasteiger partial charge is 0.241 e. The van der Waals surface area contributed by atoms with Gasteiger partial charge < -0.3 is 21.1 Å². The molecule has 0 spiro atoms. The Morgan fingerprint density at radius 2 is 2.13 bits per heavy atom. The minimum atomic E-state index is -1.04. The van der Waals surface area contributed by atoms with Crippen molar-refractivity contribution >= 4 is 11.6 Å². The number of nitrogens with zero attached hydrogens (tertiary/aromatic N) is 1. The highest BCUT2D eigenvalue weighted by Crippen LogP contribution is 2.48. The lowest BCUT2D eigenvalue weighted by atomic mass is 9.54. The minimum Gasteiger partial charge on any atom is -0.392 e. The van der Waals surface area contributed by atoms with Gasteiger partial charge in [-0.3, -0.25) is 4.79 Å². The second-order valence-corrected chi connectivity index (χ2v) is 7.27. The Kier molecular flexibility index (Phi) is 3.84. The molecular weight excluding hydrogens is 297 g/mol. The van der Waals surface area contributed by atoms with Crippen LogP contribution in [0.15, 0.2) is 24.3 Å². The van der Waals surface area contributed by atoms with Crippen LogP contribution in [-0.4, -0.2) is 41.8 Å². The second kappa shape index (κ2) is 5.46. The number of amides is 1. The summed E-state index contributed by atoms with van der Waals surface area (Å²) in [5.74, 6) is -0.480. The third kappa shape index (κ3) is 2.50. The van der Waals surface area contributed by atoms with E-state index in [-0.39, 0.29) is 24.2 Å². The zero-order valence-electron chi connectivity index (χ0n) is 13.6. The van der Waals surface area contributed by atoms with Crippen LogP contribution in [0.25, 0.3) is 0 Å². The number of carbonyl (C=O) groups excluding carboxylic acids is 1. The van der Waals surface area contributed by atoms with E-state index in [1.54, 1.807) is 32.0 Å². The van der Waals surface area contributed by atoms with E-state index < -0.39 is 17.1 Å². The first-order valence-electron chi connectivity index (χ1n) is 8.03. The van der Waals surface area contributed by atoms with Crippen molar-refractivity contribution in [2.45, 2.75) is 44.4 Å². The van der Waals surface area contributed by atoms with Crippen molar-refractivity contribution in [2.75, 3.05) is 18.0 Å². The van der Waals surface area contributed by atoms with Gasteiger partial charge >= 0.3 is 0 Å². The fourth-order valence-electron chi connectivity index (χ4n) is 3.49. The van der Waals surface area contributed by atoms with Gasteiger partial charge in [0.2, 0.25) is 5.91 Å². The Morgan fingerprint density at radius 3 is 2.74 bits per heavy atom. The number of benzene rings is 1. The van der Waals surface area contributed by atoms with E-state index in [4.69, 9.17) is 5.73 Å². The van der Waals surface area contributed by atoms with Crippen molar-refractivity contribution in [1.82, 2.24) is 5.32 Å². The molecule has 126 valence electrons. The van der Waals surface area contributed by atoms with E-state index in [1.807, 2.05) is 4.90 Å². The first kappa shape index (κ1) is 16.2. The molecule has 1 aromatic rings. The van der Waals surface area contributed by atoms with Crippen LogP contribution in [0, 0.1) is 11.2 Å². The first-order valence-corrected chi connectivity index (χ1v) is 8.03. The Bertz CT molecular complexity index is 622. The number of hydrogen-bond donors (Lipinski definition) is 3. The summed E-state index contributed by atoms with van der Waals surface area (Å²) in [5.41, 5.74) is 5.10. The fourth-order valence-corrected chi connectivity index (χ4v) is 3.49. The average molecular weight is 321 g/mol. The number of anilines is 1. The van der Waals surface area contributed by atoms with Gasteiger partial charge in [0, 0.05) is 31.0 Å². The molecule has 1 unspecified atom stereocenters. The van der Waals surface area contributed by atoms with Gasteiger partial charge in [0.05, 0.1) is 11.8 Å². The van der Waals surface area contributed by atoms with Crippen LogP contribution in [0.4, 0.5) is 10.1 Å².